The van der Waals surface area contributed by atoms with Crippen LogP contribution in [0, 0.1) is 12.3 Å². The number of benzene rings is 2. The van der Waals surface area contributed by atoms with Gasteiger partial charge in [0.2, 0.25) is 5.95 Å². The number of fused-ring (bicyclic) bond motifs is 1. The molecule has 1 aromatic heterocycles. The summed E-state index contributed by atoms with van der Waals surface area (Å²) in [7, 11) is -3.35. The fourth-order valence-corrected chi connectivity index (χ4v) is 3.41. The standard InChI is InChI=1S/C14H12N4O9S2.C3H4.Na/c1-25-14-17-12(16-13(20)18-14)15-9-4-7(28-27-26-21)2-6-3-8(29(22,23)24)5-10(19)11(6)9;1-3-2;/h2-5,19,21H,1H3,(H,22,23,24)(H2,15,16,17,18,20);1H,2H3;/q;;+1/p-1. The number of hydrogen-bond acceptors (Lipinski definition) is 12. The minimum absolute atomic E-state index is 0. The first-order chi connectivity index (χ1) is 15.1. The first kappa shape index (κ1) is 28.6. The number of methoxy groups -OCH3 is 1. The van der Waals surface area contributed by atoms with Gasteiger partial charge in [0.25, 0.3) is 10.1 Å². The van der Waals surface area contributed by atoms with Crippen molar-refractivity contribution in [1.29, 1.82) is 0 Å². The summed E-state index contributed by atoms with van der Waals surface area (Å²) in [5, 5.41) is 26.7. The Kier molecular flexibility index (Phi) is 11.1. The monoisotopic (exact) mass is 506 g/mol. The van der Waals surface area contributed by atoms with Crippen LogP contribution in [-0.2, 0) is 19.5 Å². The summed E-state index contributed by atoms with van der Waals surface area (Å²) in [6.45, 7) is 1.65. The van der Waals surface area contributed by atoms with Crippen LogP contribution in [-0.4, -0.2) is 40.1 Å². The number of hydrogen-bond donors (Lipinski definition) is 4. The molecular weight excluding hydrogens is 491 g/mol. The zero-order chi connectivity index (χ0) is 23.9. The molecule has 16 heteroatoms. The normalized spacial score (nSPS) is 10.4. The maximum atomic E-state index is 11.6. The Morgan fingerprint density at radius 1 is 1.27 bits per heavy atom. The molecule has 0 amide bonds. The van der Waals surface area contributed by atoms with Crippen molar-refractivity contribution in [3.8, 4) is 24.1 Å². The maximum absolute atomic E-state index is 11.6. The number of terminal acetylenes is 1. The number of nitrogens with zero attached hydrogens (tertiary/aromatic N) is 2. The molecule has 0 unspecified atom stereocenters. The number of phenolic OH excluding ortho intramolecular Hbond substituents is 1. The number of rotatable bonds is 7. The van der Waals surface area contributed by atoms with Gasteiger partial charge in [-0.2, -0.15) is 17.7 Å². The minimum atomic E-state index is -4.61. The summed E-state index contributed by atoms with van der Waals surface area (Å²) in [6.07, 6.45) is 4.60. The van der Waals surface area contributed by atoms with E-state index in [0.29, 0.717) is 12.0 Å². The van der Waals surface area contributed by atoms with E-state index in [9.17, 15) is 28.1 Å². The van der Waals surface area contributed by atoms with Crippen LogP contribution in [0.15, 0.2) is 38.9 Å². The molecule has 0 aliphatic carbocycles. The van der Waals surface area contributed by atoms with E-state index in [1.165, 1.54) is 19.2 Å². The number of nitrogens with one attached hydrogen (secondary N) is 2. The van der Waals surface area contributed by atoms with Gasteiger partial charge in [0.1, 0.15) is 5.75 Å². The Labute approximate surface area is 213 Å². The molecule has 0 fully saturated rings. The predicted octanol–water partition coefficient (Wildman–Crippen LogP) is -2.10. The molecule has 3 aromatic rings. The largest absolute Gasteiger partial charge is 1.00 e. The van der Waals surface area contributed by atoms with Crippen molar-refractivity contribution in [1.82, 2.24) is 15.0 Å². The molecule has 3 rings (SSSR count). The molecule has 4 N–H and O–H groups in total. The quantitative estimate of drug-likeness (QED) is 0.0680. The summed E-state index contributed by atoms with van der Waals surface area (Å²) in [4.78, 5) is 21.0. The first-order valence-corrected chi connectivity index (χ1v) is 10.4. The van der Waals surface area contributed by atoms with Crippen LogP contribution >= 0.6 is 12.0 Å². The van der Waals surface area contributed by atoms with Crippen molar-refractivity contribution in [2.45, 2.75) is 16.7 Å². The first-order valence-electron chi connectivity index (χ1n) is 8.21. The molecule has 1 heterocycles. The zero-order valence-corrected chi connectivity index (χ0v) is 21.0. The average Bonchev–Trinajstić information content (AvgIpc) is 2.71. The van der Waals surface area contributed by atoms with E-state index in [1.807, 2.05) is 0 Å². The van der Waals surface area contributed by atoms with Gasteiger partial charge in [0.05, 0.1) is 29.7 Å². The van der Waals surface area contributed by atoms with E-state index in [1.54, 1.807) is 6.92 Å². The van der Waals surface area contributed by atoms with E-state index >= 15 is 0 Å². The number of anilines is 2. The second-order valence-electron chi connectivity index (χ2n) is 5.61. The van der Waals surface area contributed by atoms with Crippen LogP contribution in [0.5, 0.6) is 11.8 Å². The molecule has 0 aliphatic rings. The molecule has 33 heavy (non-hydrogen) atoms. The zero-order valence-electron chi connectivity index (χ0n) is 17.3. The SMILES string of the molecule is C#CC.COc1nc(Nc2cc(SOO[O-])cc3cc(S(=O)(=O)O)cc(O)c23)[nH]c(=O)n1.[Na+]. The summed E-state index contributed by atoms with van der Waals surface area (Å²) in [6, 6.07) is 4.46. The van der Waals surface area contributed by atoms with Crippen molar-refractivity contribution < 1.29 is 67.0 Å². The average molecular weight is 506 g/mol. The third-order valence-electron chi connectivity index (χ3n) is 3.50. The summed E-state index contributed by atoms with van der Waals surface area (Å²) in [5.74, 6) is 1.64. The molecule has 13 nitrogen and oxygen atoms in total. The number of H-pyrrole nitrogens is 1. The van der Waals surface area contributed by atoms with E-state index in [-0.39, 0.29) is 62.9 Å². The summed E-state index contributed by atoms with van der Waals surface area (Å²) < 4.78 is 41.2. The predicted molar refractivity (Wildman–Crippen MR) is 110 cm³/mol. The smallest absolute Gasteiger partial charge is 0.691 e. The Morgan fingerprint density at radius 2 is 1.94 bits per heavy atom. The van der Waals surface area contributed by atoms with Crippen LogP contribution in [0.3, 0.4) is 0 Å². The number of ether oxygens (including phenoxy) is 1. The van der Waals surface area contributed by atoms with E-state index in [0.717, 1.165) is 12.1 Å². The van der Waals surface area contributed by atoms with Gasteiger partial charge in [0, 0.05) is 16.3 Å². The molecule has 0 spiro atoms. The molecule has 0 atom stereocenters. The van der Waals surface area contributed by atoms with Crippen molar-refractivity contribution in [2.75, 3.05) is 12.4 Å². The number of aromatic amines is 1. The maximum Gasteiger partial charge on any atom is 1.00 e. The van der Waals surface area contributed by atoms with Gasteiger partial charge >= 0.3 is 41.3 Å². The molecule has 0 bridgehead atoms. The molecule has 0 saturated heterocycles. The molecular formula is C17H15N4NaO9S2. The Morgan fingerprint density at radius 3 is 2.52 bits per heavy atom. The van der Waals surface area contributed by atoms with Crippen LogP contribution in [0.1, 0.15) is 6.92 Å². The van der Waals surface area contributed by atoms with E-state index in [2.05, 4.69) is 42.0 Å². The van der Waals surface area contributed by atoms with Gasteiger partial charge in [-0.05, 0) is 30.5 Å². The van der Waals surface area contributed by atoms with Gasteiger partial charge in [-0.3, -0.25) is 14.6 Å². The van der Waals surface area contributed by atoms with E-state index in [4.69, 9.17) is 4.74 Å². The molecule has 170 valence electrons. The Hall–Kier alpha value is -2.39. The topological polar surface area (TPSA) is 196 Å². The van der Waals surface area contributed by atoms with Crippen LogP contribution < -0.4 is 50.6 Å². The molecule has 0 aliphatic heterocycles. The van der Waals surface area contributed by atoms with Gasteiger partial charge in [-0.1, -0.05) is 0 Å². The van der Waals surface area contributed by atoms with Gasteiger partial charge in [-0.15, -0.1) is 17.3 Å². The fourth-order valence-electron chi connectivity index (χ4n) is 2.43. The number of aromatic nitrogens is 3. The third-order valence-corrected chi connectivity index (χ3v) is 4.88. The summed E-state index contributed by atoms with van der Waals surface area (Å²) in [5.41, 5.74) is -0.634. The summed E-state index contributed by atoms with van der Waals surface area (Å²) >= 11 is 0.492. The van der Waals surface area contributed by atoms with Crippen molar-refractivity contribution in [3.05, 3.63) is 34.7 Å². The Balaban J connectivity index is 0.00000129. The second kappa shape index (κ2) is 12.7. The van der Waals surface area contributed by atoms with E-state index < -0.39 is 26.5 Å². The van der Waals surface area contributed by atoms with Gasteiger partial charge in [0.15, 0.2) is 0 Å². The number of phenols is 1. The molecule has 0 saturated carbocycles. The Bertz CT molecular complexity index is 1330. The number of aromatic hydroxyl groups is 1. The fraction of sp³-hybridized carbons (Fsp3) is 0.118. The molecule has 0 radical (unpaired) electrons. The van der Waals surface area contributed by atoms with Crippen LogP contribution in [0.25, 0.3) is 10.8 Å². The van der Waals surface area contributed by atoms with Crippen molar-refractivity contribution in [2.24, 2.45) is 0 Å². The van der Waals surface area contributed by atoms with Gasteiger partial charge < -0.3 is 20.4 Å². The minimum Gasteiger partial charge on any atom is -0.691 e. The van der Waals surface area contributed by atoms with Crippen molar-refractivity contribution in [3.63, 3.8) is 0 Å². The van der Waals surface area contributed by atoms with Crippen LogP contribution in [0.2, 0.25) is 0 Å². The second-order valence-corrected chi connectivity index (χ2v) is 7.80. The third kappa shape index (κ3) is 7.85. The molecule has 2 aromatic carbocycles. The van der Waals surface area contributed by atoms with Crippen LogP contribution in [0.4, 0.5) is 11.6 Å². The van der Waals surface area contributed by atoms with Crippen molar-refractivity contribution >= 4 is 44.6 Å². The van der Waals surface area contributed by atoms with Gasteiger partial charge in [-0.25, -0.2) is 4.79 Å².